The minimum atomic E-state index is -4.37. The highest BCUT2D eigenvalue weighted by molar-refractivity contribution is 7.88. The smallest absolute Gasteiger partial charge is 0.422 e. The number of unbranched alkanes of at least 4 members (excludes halogenated alkanes) is 7. The van der Waals surface area contributed by atoms with Crippen LogP contribution in [0.1, 0.15) is 77.9 Å². The van der Waals surface area contributed by atoms with Crippen LogP contribution in [0, 0.1) is 6.92 Å². The predicted octanol–water partition coefficient (Wildman–Crippen LogP) is 9.19. The van der Waals surface area contributed by atoms with Gasteiger partial charge in [0.25, 0.3) is 5.91 Å². The third-order valence-electron chi connectivity index (χ3n) is 10.0. The van der Waals surface area contributed by atoms with Crippen LogP contribution in [0.5, 0.6) is 17.4 Å². The van der Waals surface area contributed by atoms with Gasteiger partial charge in [-0.1, -0.05) is 56.7 Å². The Balaban J connectivity index is 0.000000578. The zero-order valence-electron chi connectivity index (χ0n) is 33.6. The number of amides is 1. The van der Waals surface area contributed by atoms with Crippen molar-refractivity contribution in [3.63, 3.8) is 0 Å². The van der Waals surface area contributed by atoms with Crippen LogP contribution < -0.4 is 15.2 Å². The molecule has 5 aromatic rings. The fourth-order valence-corrected chi connectivity index (χ4v) is 8.43. The van der Waals surface area contributed by atoms with E-state index in [0.29, 0.717) is 50.0 Å². The quantitative estimate of drug-likeness (QED) is 0.0652. The highest BCUT2D eigenvalue weighted by atomic mass is 32.3. The Bertz CT molecular complexity index is 2180. The average molecular weight is 858 g/mol. The summed E-state index contributed by atoms with van der Waals surface area (Å²) in [5.74, 6) is 1.36. The Hall–Kier alpha value is -4.48. The highest BCUT2D eigenvalue weighted by Crippen LogP contribution is 2.28. The molecule has 3 N–H and O–H groups in total. The molecule has 0 radical (unpaired) electrons. The number of thiophene rings is 1. The van der Waals surface area contributed by atoms with Gasteiger partial charge in [-0.2, -0.15) is 21.6 Å². The van der Waals surface area contributed by atoms with Gasteiger partial charge in [-0.15, -0.1) is 11.3 Å². The molecule has 6 rings (SSSR count). The maximum atomic E-state index is 13.6. The molecule has 0 bridgehead atoms. The van der Waals surface area contributed by atoms with E-state index in [-0.39, 0.29) is 15.9 Å². The molecule has 1 fully saturated rings. The normalized spacial score (nSPS) is 13.6. The minimum absolute atomic E-state index is 0.00463. The van der Waals surface area contributed by atoms with Gasteiger partial charge in [0.1, 0.15) is 21.4 Å². The number of hydrogen-bond acceptors (Lipinski definition) is 9. The molecule has 0 unspecified atom stereocenters. The molecule has 1 aliphatic heterocycles. The van der Waals surface area contributed by atoms with E-state index in [1.54, 1.807) is 37.3 Å². The third kappa shape index (κ3) is 14.6. The molecule has 3 aromatic heterocycles. The molecule has 1 aliphatic rings. The number of benzene rings is 2. The van der Waals surface area contributed by atoms with Crippen LogP contribution in [-0.4, -0.2) is 83.7 Å². The molecular formula is C43H54F3N5O6S2. The van der Waals surface area contributed by atoms with Crippen molar-refractivity contribution in [3.05, 3.63) is 101 Å². The van der Waals surface area contributed by atoms with E-state index in [4.69, 9.17) is 19.8 Å². The van der Waals surface area contributed by atoms with Crippen molar-refractivity contribution in [2.24, 2.45) is 12.8 Å². The van der Waals surface area contributed by atoms with Gasteiger partial charge in [-0.3, -0.25) is 14.2 Å². The van der Waals surface area contributed by atoms with E-state index in [1.165, 1.54) is 50.2 Å². The maximum absolute atomic E-state index is 13.6. The number of piperazine rings is 1. The van der Waals surface area contributed by atoms with E-state index in [1.807, 2.05) is 53.0 Å². The van der Waals surface area contributed by atoms with Gasteiger partial charge < -0.3 is 24.7 Å². The number of fused-ring (bicyclic) bond motifs is 1. The largest absolute Gasteiger partial charge is 0.484 e. The van der Waals surface area contributed by atoms with Crippen molar-refractivity contribution in [2.45, 2.75) is 81.6 Å². The van der Waals surface area contributed by atoms with E-state index in [9.17, 15) is 26.4 Å². The summed E-state index contributed by atoms with van der Waals surface area (Å²) in [5.41, 5.74) is 9.26. The van der Waals surface area contributed by atoms with Crippen molar-refractivity contribution in [2.75, 3.05) is 39.3 Å². The fourth-order valence-electron chi connectivity index (χ4n) is 6.79. The van der Waals surface area contributed by atoms with Crippen LogP contribution >= 0.6 is 11.3 Å². The van der Waals surface area contributed by atoms with Crippen molar-refractivity contribution in [1.82, 2.24) is 19.4 Å². The zero-order chi connectivity index (χ0) is 42.4. The van der Waals surface area contributed by atoms with Crippen LogP contribution in [0.25, 0.3) is 10.9 Å². The van der Waals surface area contributed by atoms with Crippen LogP contribution in [0.2, 0.25) is 0 Å². The lowest BCUT2D eigenvalue weighted by Crippen LogP contribution is -2.48. The first-order valence-corrected chi connectivity index (χ1v) is 22.2. The fraction of sp³-hybridized carbons (Fsp3) is 0.442. The van der Waals surface area contributed by atoms with E-state index in [2.05, 4.69) is 16.0 Å². The lowest BCUT2D eigenvalue weighted by Gasteiger charge is -2.34. The maximum Gasteiger partial charge on any atom is 0.422 e. The number of nitrogens with two attached hydrogens (primary N) is 1. The van der Waals surface area contributed by atoms with Gasteiger partial charge in [-0.05, 0) is 86.3 Å². The molecule has 0 aliphatic carbocycles. The molecule has 0 atom stereocenters. The number of pyridine rings is 1. The number of nitrogens with zero attached hydrogens (tertiary/aromatic N) is 4. The van der Waals surface area contributed by atoms with Crippen molar-refractivity contribution >= 4 is 38.3 Å². The molecule has 16 heteroatoms. The summed E-state index contributed by atoms with van der Waals surface area (Å²) in [6.07, 6.45) is 8.49. The number of alkyl halides is 3. The molecule has 11 nitrogen and oxygen atoms in total. The van der Waals surface area contributed by atoms with Gasteiger partial charge in [-0.25, -0.2) is 4.98 Å². The topological polar surface area (TPSA) is 140 Å². The van der Waals surface area contributed by atoms with Crippen molar-refractivity contribution in [3.8, 4) is 17.4 Å². The number of aryl methyl sites for hydroxylation is 3. The molecule has 0 spiro atoms. The van der Waals surface area contributed by atoms with Gasteiger partial charge in [0, 0.05) is 68.4 Å². The Kier molecular flexibility index (Phi) is 16.8. The molecule has 320 valence electrons. The number of carbonyl (C=O) groups excluding carboxylic acids is 1. The second-order valence-electron chi connectivity index (χ2n) is 14.7. The molecule has 1 saturated heterocycles. The average Bonchev–Trinajstić information content (AvgIpc) is 3.80. The monoisotopic (exact) mass is 857 g/mol. The number of halogens is 3. The number of carbonyl (C=O) groups is 1. The summed E-state index contributed by atoms with van der Waals surface area (Å²) in [6, 6.07) is 21.4. The molecule has 0 saturated carbocycles. The lowest BCUT2D eigenvalue weighted by atomic mass is 10.1. The molecule has 59 heavy (non-hydrogen) atoms. The van der Waals surface area contributed by atoms with Crippen LogP contribution in [0.3, 0.4) is 0 Å². The Morgan fingerprint density at radius 3 is 2.07 bits per heavy atom. The van der Waals surface area contributed by atoms with E-state index < -0.39 is 22.9 Å². The van der Waals surface area contributed by atoms with Gasteiger partial charge in [0.15, 0.2) is 6.61 Å². The summed E-state index contributed by atoms with van der Waals surface area (Å²) in [4.78, 5) is 23.1. The Morgan fingerprint density at radius 1 is 0.847 bits per heavy atom. The lowest BCUT2D eigenvalue weighted by molar-refractivity contribution is -0.153. The Labute approximate surface area is 348 Å². The van der Waals surface area contributed by atoms with Crippen molar-refractivity contribution in [1.29, 1.82) is 0 Å². The predicted molar refractivity (Wildman–Crippen MR) is 225 cm³/mol. The third-order valence-corrected chi connectivity index (χ3v) is 12.4. The molecular weight excluding hydrogens is 804 g/mol. The van der Waals surface area contributed by atoms with Gasteiger partial charge in [0.05, 0.1) is 5.52 Å². The zero-order valence-corrected chi connectivity index (χ0v) is 35.3. The summed E-state index contributed by atoms with van der Waals surface area (Å²) in [7, 11) is -2.07. The SMILES string of the molecule is Cc1ccc(S(=O)(=O)O)s1.Cn1c(C(=O)N2CCN(Cc3ccc(OCC(F)(F)F)cc3)CC2)cc2ccc(Oc3ccc(CCCCCCCCCCN)cn3)cc21. The standard InChI is InChI=1S/C38H48F3N5O3.C5H6O3S2/c1-44-34-25-33(49-36-18-13-29(26-43-36)10-8-6-4-2-3-5-7-9-19-42)17-14-31(34)24-35(44)37(47)46-22-20-45(21-23-46)27-30-11-15-32(16-12-30)48-28-38(39,40)41;1-4-2-3-5(9-4)10(6,7)8/h11-18,24-26H,2-10,19-23,27-28,42H2,1H3;2-3H,1H3,(H,6,7,8). The van der Waals surface area contributed by atoms with E-state index in [0.717, 1.165) is 58.5 Å². The van der Waals surface area contributed by atoms with Crippen LogP contribution in [-0.2, 0) is 30.1 Å². The summed E-state index contributed by atoms with van der Waals surface area (Å²) >= 11 is 1.06. The number of aromatic nitrogens is 2. The second kappa shape index (κ2) is 21.7. The van der Waals surface area contributed by atoms with Crippen molar-refractivity contribution < 1.29 is 40.4 Å². The van der Waals surface area contributed by atoms with Gasteiger partial charge in [0.2, 0.25) is 5.88 Å². The number of hydrogen-bond donors (Lipinski definition) is 2. The van der Waals surface area contributed by atoms with Crippen LogP contribution in [0.15, 0.2) is 83.2 Å². The van der Waals surface area contributed by atoms with E-state index >= 15 is 0 Å². The Morgan fingerprint density at radius 2 is 1.49 bits per heavy atom. The number of ether oxygens (including phenoxy) is 2. The first-order chi connectivity index (χ1) is 28.2. The van der Waals surface area contributed by atoms with Gasteiger partial charge >= 0.3 is 16.3 Å². The molecule has 2 aromatic carbocycles. The highest BCUT2D eigenvalue weighted by Gasteiger charge is 2.28. The summed E-state index contributed by atoms with van der Waals surface area (Å²) in [6.45, 7) is 4.47. The molecule has 1 amide bonds. The first-order valence-electron chi connectivity index (χ1n) is 19.9. The van der Waals surface area contributed by atoms with Crippen LogP contribution in [0.4, 0.5) is 13.2 Å². The second-order valence-corrected chi connectivity index (χ2v) is 17.7. The summed E-state index contributed by atoms with van der Waals surface area (Å²) in [5, 5.41) is 0.957. The summed E-state index contributed by atoms with van der Waals surface area (Å²) < 4.78 is 79.3. The molecule has 4 heterocycles. The first kappa shape index (κ1) is 45.6. The number of rotatable bonds is 18. The minimum Gasteiger partial charge on any atom is -0.484 e.